The van der Waals surface area contributed by atoms with Crippen molar-refractivity contribution in [1.29, 1.82) is 0 Å². The van der Waals surface area contributed by atoms with Gasteiger partial charge in [-0.05, 0) is 49.4 Å². The Balaban J connectivity index is 1.63. The molecule has 0 unspecified atom stereocenters. The smallest absolute Gasteiger partial charge is 0.262 e. The molecule has 32 heavy (non-hydrogen) atoms. The van der Waals surface area contributed by atoms with Gasteiger partial charge in [-0.15, -0.1) is 0 Å². The van der Waals surface area contributed by atoms with E-state index in [1.807, 2.05) is 67.6 Å². The first kappa shape index (κ1) is 22.7. The molecule has 166 valence electrons. The number of methoxy groups -OCH3 is 1. The molecule has 7 nitrogen and oxygen atoms in total. The average Bonchev–Trinajstić information content (AvgIpc) is 2.78. The highest BCUT2D eigenvalue weighted by atomic mass is 16.5. The lowest BCUT2D eigenvalue weighted by Gasteiger charge is -2.16. The fourth-order valence-electron chi connectivity index (χ4n) is 3.07. The molecule has 0 atom stereocenters. The summed E-state index contributed by atoms with van der Waals surface area (Å²) in [5.41, 5.74) is 4.29. The maximum absolute atomic E-state index is 12.3. The predicted octanol–water partition coefficient (Wildman–Crippen LogP) is 4.59. The van der Waals surface area contributed by atoms with E-state index in [1.54, 1.807) is 13.2 Å². The third kappa shape index (κ3) is 6.50. The molecule has 0 aliphatic heterocycles. The Kier molecular flexibility index (Phi) is 7.70. The fraction of sp³-hybridized carbons (Fsp3) is 0.200. The highest BCUT2D eigenvalue weighted by molar-refractivity contribution is 5.92. The van der Waals surface area contributed by atoms with Gasteiger partial charge < -0.3 is 25.4 Å². The molecule has 0 spiro atoms. The molecular weight excluding hydrogens is 406 g/mol. The molecule has 3 aromatic rings. The molecule has 7 heteroatoms. The molecule has 0 saturated carbocycles. The van der Waals surface area contributed by atoms with Crippen LogP contribution in [0.4, 0.5) is 17.1 Å². The van der Waals surface area contributed by atoms with Crippen LogP contribution in [0.1, 0.15) is 18.1 Å². The zero-order valence-corrected chi connectivity index (χ0v) is 18.4. The molecule has 0 radical (unpaired) electrons. The molecule has 3 rings (SSSR count). The Morgan fingerprint density at radius 1 is 0.844 bits per heavy atom. The summed E-state index contributed by atoms with van der Waals surface area (Å²) in [4.78, 5) is 23.5. The van der Waals surface area contributed by atoms with Gasteiger partial charge in [0.05, 0.1) is 7.11 Å². The van der Waals surface area contributed by atoms with Crippen molar-refractivity contribution in [3.05, 3.63) is 77.9 Å². The van der Waals surface area contributed by atoms with Crippen LogP contribution >= 0.6 is 0 Å². The van der Waals surface area contributed by atoms with E-state index in [0.717, 1.165) is 22.5 Å². The van der Waals surface area contributed by atoms with Crippen molar-refractivity contribution < 1.29 is 19.1 Å². The molecule has 0 aliphatic carbocycles. The summed E-state index contributed by atoms with van der Waals surface area (Å²) >= 11 is 0. The number of anilines is 3. The summed E-state index contributed by atoms with van der Waals surface area (Å²) in [6.07, 6.45) is 0. The number of nitrogens with one attached hydrogen (secondary N) is 3. The second-order valence-electron chi connectivity index (χ2n) is 7.26. The van der Waals surface area contributed by atoms with E-state index in [1.165, 1.54) is 6.92 Å². The number of hydrogen-bond donors (Lipinski definition) is 3. The van der Waals surface area contributed by atoms with E-state index in [-0.39, 0.29) is 18.4 Å². The number of hydrogen-bond acceptors (Lipinski definition) is 5. The molecule has 0 aromatic heterocycles. The fourth-order valence-corrected chi connectivity index (χ4v) is 3.07. The summed E-state index contributed by atoms with van der Waals surface area (Å²) in [7, 11) is 1.56. The van der Waals surface area contributed by atoms with Gasteiger partial charge in [0, 0.05) is 36.1 Å². The molecule has 0 fully saturated rings. The topological polar surface area (TPSA) is 88.7 Å². The number of amides is 2. The second kappa shape index (κ2) is 10.9. The summed E-state index contributed by atoms with van der Waals surface area (Å²) in [6.45, 7) is 3.78. The van der Waals surface area contributed by atoms with E-state index in [4.69, 9.17) is 9.47 Å². The maximum Gasteiger partial charge on any atom is 0.262 e. The SMILES string of the molecule is COc1cccc(CNc2ccc(NC(C)=O)cc2)c1OCC(=O)Nc1ccc(C)cc1. The van der Waals surface area contributed by atoms with Crippen molar-refractivity contribution in [3.8, 4) is 11.5 Å². The molecule has 0 saturated heterocycles. The first-order valence-electron chi connectivity index (χ1n) is 10.2. The summed E-state index contributed by atoms with van der Waals surface area (Å²) in [6, 6.07) is 20.5. The Labute approximate surface area is 187 Å². The van der Waals surface area contributed by atoms with Crippen LogP contribution in [0, 0.1) is 6.92 Å². The first-order chi connectivity index (χ1) is 15.4. The number of carbonyl (C=O) groups is 2. The summed E-state index contributed by atoms with van der Waals surface area (Å²) in [5.74, 6) is 0.687. The van der Waals surface area contributed by atoms with Gasteiger partial charge in [0.25, 0.3) is 5.91 Å². The third-order valence-corrected chi connectivity index (χ3v) is 4.65. The van der Waals surface area contributed by atoms with Crippen molar-refractivity contribution >= 4 is 28.9 Å². The lowest BCUT2D eigenvalue weighted by molar-refractivity contribution is -0.118. The van der Waals surface area contributed by atoms with Crippen molar-refractivity contribution in [2.75, 3.05) is 29.7 Å². The van der Waals surface area contributed by atoms with Crippen molar-refractivity contribution in [3.63, 3.8) is 0 Å². The minimum Gasteiger partial charge on any atom is -0.493 e. The lowest BCUT2D eigenvalue weighted by Crippen LogP contribution is -2.21. The van der Waals surface area contributed by atoms with Gasteiger partial charge in [0.15, 0.2) is 18.1 Å². The number of rotatable bonds is 9. The van der Waals surface area contributed by atoms with Crippen LogP contribution in [0.25, 0.3) is 0 Å². The van der Waals surface area contributed by atoms with Crippen LogP contribution < -0.4 is 25.4 Å². The van der Waals surface area contributed by atoms with Gasteiger partial charge in [-0.25, -0.2) is 0 Å². The Hall–Kier alpha value is -4.00. The Morgan fingerprint density at radius 2 is 1.47 bits per heavy atom. The van der Waals surface area contributed by atoms with Crippen LogP contribution in [0.5, 0.6) is 11.5 Å². The van der Waals surface area contributed by atoms with E-state index >= 15 is 0 Å². The van der Waals surface area contributed by atoms with Gasteiger partial charge in [0.2, 0.25) is 5.91 Å². The Bertz CT molecular complexity index is 1060. The highest BCUT2D eigenvalue weighted by Gasteiger charge is 2.13. The molecular formula is C25H27N3O4. The molecule has 0 bridgehead atoms. The highest BCUT2D eigenvalue weighted by Crippen LogP contribution is 2.31. The second-order valence-corrected chi connectivity index (χ2v) is 7.26. The van der Waals surface area contributed by atoms with Gasteiger partial charge in [-0.3, -0.25) is 9.59 Å². The molecule has 3 N–H and O–H groups in total. The summed E-state index contributed by atoms with van der Waals surface area (Å²) in [5, 5.41) is 8.88. The van der Waals surface area contributed by atoms with Gasteiger partial charge in [-0.2, -0.15) is 0 Å². The van der Waals surface area contributed by atoms with Gasteiger partial charge in [-0.1, -0.05) is 29.8 Å². The normalized spacial score (nSPS) is 10.2. The van der Waals surface area contributed by atoms with Crippen molar-refractivity contribution in [1.82, 2.24) is 0 Å². The molecule has 2 amide bonds. The molecule has 0 heterocycles. The average molecular weight is 434 g/mol. The minimum absolute atomic E-state index is 0.115. The largest absolute Gasteiger partial charge is 0.493 e. The quantitative estimate of drug-likeness (QED) is 0.459. The number of carbonyl (C=O) groups excluding carboxylic acids is 2. The number of benzene rings is 3. The monoisotopic (exact) mass is 433 g/mol. The third-order valence-electron chi connectivity index (χ3n) is 4.65. The molecule has 3 aromatic carbocycles. The van der Waals surface area contributed by atoms with E-state index in [0.29, 0.717) is 23.7 Å². The number of para-hydroxylation sites is 1. The predicted molar refractivity (Wildman–Crippen MR) is 126 cm³/mol. The van der Waals surface area contributed by atoms with E-state index in [9.17, 15) is 9.59 Å². The van der Waals surface area contributed by atoms with Crippen LogP contribution in [0.3, 0.4) is 0 Å². The van der Waals surface area contributed by atoms with Gasteiger partial charge in [0.1, 0.15) is 0 Å². The summed E-state index contributed by atoms with van der Waals surface area (Å²) < 4.78 is 11.3. The maximum atomic E-state index is 12.3. The van der Waals surface area contributed by atoms with Gasteiger partial charge >= 0.3 is 0 Å². The number of aryl methyl sites for hydroxylation is 1. The van der Waals surface area contributed by atoms with Crippen LogP contribution in [0.15, 0.2) is 66.7 Å². The molecule has 0 aliphatic rings. The van der Waals surface area contributed by atoms with E-state index < -0.39 is 0 Å². The minimum atomic E-state index is -0.257. The Morgan fingerprint density at radius 3 is 2.12 bits per heavy atom. The first-order valence-corrected chi connectivity index (χ1v) is 10.2. The standard InChI is InChI=1S/C25H27N3O4/c1-17-7-9-22(10-8-17)28-24(30)16-32-25-19(5-4-6-23(25)31-3)15-26-20-11-13-21(14-12-20)27-18(2)29/h4-14,26H,15-16H2,1-3H3,(H,27,29)(H,28,30). The van der Waals surface area contributed by atoms with Crippen LogP contribution in [-0.4, -0.2) is 25.5 Å². The zero-order valence-electron chi connectivity index (χ0n) is 18.4. The van der Waals surface area contributed by atoms with Crippen LogP contribution in [0.2, 0.25) is 0 Å². The van der Waals surface area contributed by atoms with Crippen LogP contribution in [-0.2, 0) is 16.1 Å². The van der Waals surface area contributed by atoms with Crippen molar-refractivity contribution in [2.24, 2.45) is 0 Å². The number of ether oxygens (including phenoxy) is 2. The lowest BCUT2D eigenvalue weighted by atomic mass is 10.1. The zero-order chi connectivity index (χ0) is 22.9. The van der Waals surface area contributed by atoms with E-state index in [2.05, 4.69) is 16.0 Å². The van der Waals surface area contributed by atoms with Crippen molar-refractivity contribution in [2.45, 2.75) is 20.4 Å².